The van der Waals surface area contributed by atoms with Crippen LogP contribution in [-0.2, 0) is 16.6 Å². The average Bonchev–Trinajstić information content (AvgIpc) is 2.77. The fourth-order valence-electron chi connectivity index (χ4n) is 1.42. The normalized spacial score (nSPS) is 13.4. The molecule has 0 bridgehead atoms. The second-order valence-electron chi connectivity index (χ2n) is 5.82. The van der Waals surface area contributed by atoms with E-state index in [0.29, 0.717) is 12.3 Å². The molecule has 0 atom stereocenters. The molecule has 116 valence electrons. The highest BCUT2D eigenvalue weighted by Crippen LogP contribution is 2.17. The molecule has 0 amide bonds. The SMILES string of the molecule is CN(C)C(C)(C)CNCc1ccc(S(=O)(=O)N(C)C)o1. The van der Waals surface area contributed by atoms with E-state index < -0.39 is 10.0 Å². The highest BCUT2D eigenvalue weighted by Gasteiger charge is 2.22. The first kappa shape index (κ1) is 17.2. The van der Waals surface area contributed by atoms with Gasteiger partial charge in [0.05, 0.1) is 6.54 Å². The third-order valence-electron chi connectivity index (χ3n) is 3.44. The zero-order valence-electron chi connectivity index (χ0n) is 13.1. The predicted molar refractivity (Wildman–Crippen MR) is 79.1 cm³/mol. The largest absolute Gasteiger partial charge is 0.447 e. The minimum absolute atomic E-state index is 0.0190. The van der Waals surface area contributed by atoms with Gasteiger partial charge in [-0.2, -0.15) is 0 Å². The Morgan fingerprint density at radius 1 is 1.20 bits per heavy atom. The van der Waals surface area contributed by atoms with Crippen molar-refractivity contribution in [2.45, 2.75) is 31.0 Å². The third kappa shape index (κ3) is 4.05. The topological polar surface area (TPSA) is 65.8 Å². The van der Waals surface area contributed by atoms with E-state index >= 15 is 0 Å². The number of hydrogen-bond donors (Lipinski definition) is 1. The molecule has 0 aliphatic heterocycles. The molecule has 1 aromatic rings. The second-order valence-corrected chi connectivity index (χ2v) is 7.90. The molecule has 0 saturated carbocycles. The maximum absolute atomic E-state index is 11.9. The lowest BCUT2D eigenvalue weighted by Crippen LogP contribution is -2.46. The summed E-state index contributed by atoms with van der Waals surface area (Å²) in [6.45, 7) is 5.53. The Hall–Kier alpha value is -0.890. The third-order valence-corrected chi connectivity index (χ3v) is 5.13. The quantitative estimate of drug-likeness (QED) is 0.813. The van der Waals surface area contributed by atoms with E-state index in [9.17, 15) is 8.42 Å². The van der Waals surface area contributed by atoms with Gasteiger partial charge in [0.2, 0.25) is 5.09 Å². The lowest BCUT2D eigenvalue weighted by Gasteiger charge is -2.32. The van der Waals surface area contributed by atoms with E-state index in [0.717, 1.165) is 10.8 Å². The molecule has 0 radical (unpaired) electrons. The van der Waals surface area contributed by atoms with Gasteiger partial charge in [0.15, 0.2) is 0 Å². The Morgan fingerprint density at radius 3 is 2.30 bits per heavy atom. The van der Waals surface area contributed by atoms with Crippen LogP contribution in [0.15, 0.2) is 21.6 Å². The summed E-state index contributed by atoms with van der Waals surface area (Å²) >= 11 is 0. The van der Waals surface area contributed by atoms with Gasteiger partial charge in [-0.15, -0.1) is 0 Å². The van der Waals surface area contributed by atoms with Gasteiger partial charge in [-0.05, 0) is 40.1 Å². The van der Waals surface area contributed by atoms with E-state index in [2.05, 4.69) is 24.1 Å². The number of nitrogens with zero attached hydrogens (tertiary/aromatic N) is 2. The fraction of sp³-hybridized carbons (Fsp3) is 0.692. The minimum Gasteiger partial charge on any atom is -0.447 e. The Labute approximate surface area is 121 Å². The van der Waals surface area contributed by atoms with Crippen molar-refractivity contribution in [2.75, 3.05) is 34.7 Å². The van der Waals surface area contributed by atoms with Gasteiger partial charge in [0.1, 0.15) is 5.76 Å². The van der Waals surface area contributed by atoms with Crippen LogP contribution >= 0.6 is 0 Å². The first-order valence-electron chi connectivity index (χ1n) is 6.47. The van der Waals surface area contributed by atoms with E-state index in [1.54, 1.807) is 6.07 Å². The summed E-state index contributed by atoms with van der Waals surface area (Å²) in [7, 11) is 3.52. The molecule has 1 aromatic heterocycles. The Bertz CT molecular complexity index is 533. The lowest BCUT2D eigenvalue weighted by molar-refractivity contribution is 0.188. The van der Waals surface area contributed by atoms with Gasteiger partial charge in [0.25, 0.3) is 10.0 Å². The summed E-state index contributed by atoms with van der Waals surface area (Å²) in [4.78, 5) is 2.13. The Balaban J connectivity index is 2.63. The summed E-state index contributed by atoms with van der Waals surface area (Å²) in [6.07, 6.45) is 0. The molecule has 1 heterocycles. The van der Waals surface area contributed by atoms with Crippen LogP contribution < -0.4 is 5.32 Å². The zero-order chi connectivity index (χ0) is 15.6. The summed E-state index contributed by atoms with van der Waals surface area (Å²) in [5.41, 5.74) is 0.0190. The molecular weight excluding hydrogens is 278 g/mol. The second kappa shape index (κ2) is 6.26. The molecule has 0 saturated heterocycles. The molecule has 1 rings (SSSR count). The van der Waals surface area contributed by atoms with Gasteiger partial charge >= 0.3 is 0 Å². The average molecular weight is 303 g/mol. The van der Waals surface area contributed by atoms with Crippen LogP contribution in [0.2, 0.25) is 0 Å². The fourth-order valence-corrected chi connectivity index (χ4v) is 2.23. The highest BCUT2D eigenvalue weighted by atomic mass is 32.2. The molecule has 0 fully saturated rings. The molecule has 0 aliphatic rings. The van der Waals surface area contributed by atoms with Crippen LogP contribution in [0.3, 0.4) is 0 Å². The van der Waals surface area contributed by atoms with Crippen molar-refractivity contribution in [3.8, 4) is 0 Å². The molecule has 0 aromatic carbocycles. The molecule has 7 heteroatoms. The molecule has 6 nitrogen and oxygen atoms in total. The Kier molecular flexibility index (Phi) is 5.37. The number of hydrogen-bond acceptors (Lipinski definition) is 5. The van der Waals surface area contributed by atoms with Gasteiger partial charge in [0, 0.05) is 26.2 Å². The van der Waals surface area contributed by atoms with E-state index in [1.807, 2.05) is 14.1 Å². The van der Waals surface area contributed by atoms with Gasteiger partial charge < -0.3 is 14.6 Å². The summed E-state index contributed by atoms with van der Waals surface area (Å²) in [5, 5.41) is 3.25. The lowest BCUT2D eigenvalue weighted by atomic mass is 10.0. The van der Waals surface area contributed by atoms with E-state index in [-0.39, 0.29) is 10.6 Å². The van der Waals surface area contributed by atoms with E-state index in [1.165, 1.54) is 20.2 Å². The monoisotopic (exact) mass is 303 g/mol. The van der Waals surface area contributed by atoms with Crippen LogP contribution in [0, 0.1) is 0 Å². The molecule has 0 aliphatic carbocycles. The molecule has 20 heavy (non-hydrogen) atoms. The van der Waals surface area contributed by atoms with Crippen molar-refractivity contribution < 1.29 is 12.8 Å². The first-order valence-corrected chi connectivity index (χ1v) is 7.91. The van der Waals surface area contributed by atoms with Crippen LogP contribution in [0.25, 0.3) is 0 Å². The van der Waals surface area contributed by atoms with E-state index in [4.69, 9.17) is 4.42 Å². The predicted octanol–water partition coefficient (Wildman–Crippen LogP) is 0.960. The van der Waals surface area contributed by atoms with Crippen molar-refractivity contribution in [3.05, 3.63) is 17.9 Å². The van der Waals surface area contributed by atoms with Gasteiger partial charge in [-0.25, -0.2) is 12.7 Å². The maximum Gasteiger partial charge on any atom is 0.275 e. The standard InChI is InChI=1S/C13H25N3O3S/c1-13(2,15(3)4)10-14-9-11-7-8-12(19-11)20(17,18)16(5)6/h7-8,14H,9-10H2,1-6H3. The number of nitrogens with one attached hydrogen (secondary N) is 1. The zero-order valence-corrected chi connectivity index (χ0v) is 13.9. The summed E-state index contributed by atoms with van der Waals surface area (Å²) in [6, 6.07) is 3.18. The number of rotatable bonds is 7. The molecule has 0 spiro atoms. The highest BCUT2D eigenvalue weighted by molar-refractivity contribution is 7.88. The van der Waals surface area contributed by atoms with Crippen molar-refractivity contribution >= 4 is 10.0 Å². The van der Waals surface area contributed by atoms with Crippen molar-refractivity contribution in [2.24, 2.45) is 0 Å². The summed E-state index contributed by atoms with van der Waals surface area (Å²) < 4.78 is 30.3. The van der Waals surface area contributed by atoms with Crippen LogP contribution in [0.5, 0.6) is 0 Å². The summed E-state index contributed by atoms with van der Waals surface area (Å²) in [5.74, 6) is 0.611. The maximum atomic E-state index is 11.9. The van der Waals surface area contributed by atoms with Crippen LogP contribution in [-0.4, -0.2) is 57.9 Å². The van der Waals surface area contributed by atoms with Gasteiger partial charge in [-0.1, -0.05) is 0 Å². The van der Waals surface area contributed by atoms with Crippen molar-refractivity contribution in [3.63, 3.8) is 0 Å². The van der Waals surface area contributed by atoms with Crippen molar-refractivity contribution in [1.82, 2.24) is 14.5 Å². The van der Waals surface area contributed by atoms with Gasteiger partial charge in [-0.3, -0.25) is 0 Å². The Morgan fingerprint density at radius 2 is 1.80 bits per heavy atom. The number of likely N-dealkylation sites (N-methyl/N-ethyl adjacent to an activating group) is 1. The van der Waals surface area contributed by atoms with Crippen LogP contribution in [0.1, 0.15) is 19.6 Å². The smallest absolute Gasteiger partial charge is 0.275 e. The molecule has 0 unspecified atom stereocenters. The van der Waals surface area contributed by atoms with Crippen molar-refractivity contribution in [1.29, 1.82) is 0 Å². The van der Waals surface area contributed by atoms with Crippen LogP contribution in [0.4, 0.5) is 0 Å². The number of sulfonamides is 1. The first-order chi connectivity index (χ1) is 9.07. The molecule has 1 N–H and O–H groups in total. The molecular formula is C13H25N3O3S. The minimum atomic E-state index is -3.49. The number of furan rings is 1.